The second kappa shape index (κ2) is 8.22. The molecule has 2 aromatic heterocycles. The zero-order valence-corrected chi connectivity index (χ0v) is 18.8. The van der Waals surface area contributed by atoms with Gasteiger partial charge in [-0.25, -0.2) is 4.98 Å². The summed E-state index contributed by atoms with van der Waals surface area (Å²) in [5, 5.41) is 1.33. The Morgan fingerprint density at radius 3 is 2.52 bits per heavy atom. The maximum Gasteiger partial charge on any atom is 0.153 e. The van der Waals surface area contributed by atoms with Gasteiger partial charge >= 0.3 is 0 Å². The van der Waals surface area contributed by atoms with E-state index in [-0.39, 0.29) is 0 Å². The molecule has 1 unspecified atom stereocenters. The number of piperidine rings is 1. The number of hydrogen-bond acceptors (Lipinski definition) is 2. The molecule has 0 amide bonds. The molecule has 3 heteroatoms. The molecule has 4 aromatic rings. The third kappa shape index (κ3) is 3.63. The molecule has 0 spiro atoms. The van der Waals surface area contributed by atoms with Crippen LogP contribution in [0, 0.1) is 20.8 Å². The fourth-order valence-corrected chi connectivity index (χ4v) is 5.13. The van der Waals surface area contributed by atoms with Crippen LogP contribution in [0.25, 0.3) is 10.9 Å². The van der Waals surface area contributed by atoms with Gasteiger partial charge in [0.2, 0.25) is 0 Å². The molecule has 3 heterocycles. The van der Waals surface area contributed by atoms with Crippen LogP contribution >= 0.6 is 0 Å². The lowest BCUT2D eigenvalue weighted by atomic mass is 9.90. The standard InChI is InChI=1S/C28H31N3/c1-20-10-7-8-13-24(20)19-31-22(3)21(2)26-15-16-29-28(27(26)31)30-17-9-14-25(18-30)23-11-5-4-6-12-23/h4-8,10-13,15-16,25H,9,14,17-19H2,1-3H3. The van der Waals surface area contributed by atoms with Crippen molar-refractivity contribution in [2.45, 2.75) is 46.1 Å². The van der Waals surface area contributed by atoms with Gasteiger partial charge in [-0.1, -0.05) is 54.6 Å². The molecule has 0 aliphatic carbocycles. The fraction of sp³-hybridized carbons (Fsp3) is 0.321. The molecule has 1 atom stereocenters. The topological polar surface area (TPSA) is 21.1 Å². The lowest BCUT2D eigenvalue weighted by Crippen LogP contribution is -2.35. The Morgan fingerprint density at radius 1 is 0.935 bits per heavy atom. The van der Waals surface area contributed by atoms with Crippen molar-refractivity contribution in [2.24, 2.45) is 0 Å². The van der Waals surface area contributed by atoms with E-state index in [1.54, 1.807) is 0 Å². The summed E-state index contributed by atoms with van der Waals surface area (Å²) in [7, 11) is 0. The largest absolute Gasteiger partial charge is 0.354 e. The molecule has 2 aromatic carbocycles. The maximum atomic E-state index is 4.94. The number of nitrogens with zero attached hydrogens (tertiary/aromatic N) is 3. The van der Waals surface area contributed by atoms with Crippen molar-refractivity contribution in [3.8, 4) is 0 Å². The minimum Gasteiger partial charge on any atom is -0.354 e. The van der Waals surface area contributed by atoms with Crippen LogP contribution in [0.15, 0.2) is 66.9 Å². The first-order valence-electron chi connectivity index (χ1n) is 11.4. The van der Waals surface area contributed by atoms with Gasteiger partial charge in [-0.2, -0.15) is 0 Å². The van der Waals surface area contributed by atoms with Gasteiger partial charge in [0.05, 0.1) is 5.52 Å². The Balaban J connectivity index is 1.58. The summed E-state index contributed by atoms with van der Waals surface area (Å²) in [4.78, 5) is 7.47. The third-order valence-corrected chi connectivity index (χ3v) is 7.11. The Bertz CT molecular complexity index is 1210. The van der Waals surface area contributed by atoms with Crippen molar-refractivity contribution < 1.29 is 0 Å². The Hall–Kier alpha value is -3.07. The van der Waals surface area contributed by atoms with Crippen LogP contribution in [0.1, 0.15) is 46.7 Å². The van der Waals surface area contributed by atoms with E-state index in [1.807, 2.05) is 6.20 Å². The molecule has 1 aliphatic heterocycles. The monoisotopic (exact) mass is 409 g/mol. The number of fused-ring (bicyclic) bond motifs is 1. The van der Waals surface area contributed by atoms with Crippen LogP contribution in [-0.2, 0) is 6.54 Å². The molecule has 0 bridgehead atoms. The van der Waals surface area contributed by atoms with Gasteiger partial charge < -0.3 is 9.47 Å². The van der Waals surface area contributed by atoms with Crippen molar-refractivity contribution in [2.75, 3.05) is 18.0 Å². The highest BCUT2D eigenvalue weighted by atomic mass is 15.2. The SMILES string of the molecule is Cc1ccccc1Cn1c(C)c(C)c2ccnc(N3CCCC(c4ccccc4)C3)c21. The van der Waals surface area contributed by atoms with E-state index < -0.39 is 0 Å². The Morgan fingerprint density at radius 2 is 1.71 bits per heavy atom. The normalized spacial score (nSPS) is 16.7. The summed E-state index contributed by atoms with van der Waals surface area (Å²) < 4.78 is 2.49. The van der Waals surface area contributed by atoms with Gasteiger partial charge in [0.25, 0.3) is 0 Å². The molecule has 1 saturated heterocycles. The number of pyridine rings is 1. The lowest BCUT2D eigenvalue weighted by molar-refractivity contribution is 0.507. The van der Waals surface area contributed by atoms with E-state index in [4.69, 9.17) is 4.98 Å². The minimum atomic E-state index is 0.564. The van der Waals surface area contributed by atoms with E-state index in [0.717, 1.165) is 25.5 Å². The van der Waals surface area contributed by atoms with Gasteiger partial charge in [-0.3, -0.25) is 0 Å². The highest BCUT2D eigenvalue weighted by molar-refractivity contribution is 5.93. The Kier molecular flexibility index (Phi) is 5.27. The number of aromatic nitrogens is 2. The Labute approximate surface area is 185 Å². The fourth-order valence-electron chi connectivity index (χ4n) is 5.13. The zero-order chi connectivity index (χ0) is 21.4. The van der Waals surface area contributed by atoms with Crippen molar-refractivity contribution >= 4 is 16.7 Å². The van der Waals surface area contributed by atoms with Gasteiger partial charge in [-0.05, 0) is 61.9 Å². The number of aryl methyl sites for hydroxylation is 2. The average Bonchev–Trinajstić information content (AvgIpc) is 3.06. The molecule has 158 valence electrons. The van der Waals surface area contributed by atoms with E-state index in [2.05, 4.69) is 90.9 Å². The highest BCUT2D eigenvalue weighted by Gasteiger charge is 2.25. The van der Waals surface area contributed by atoms with Gasteiger partial charge in [0.15, 0.2) is 5.82 Å². The second-order valence-corrected chi connectivity index (χ2v) is 8.95. The van der Waals surface area contributed by atoms with Gasteiger partial charge in [0.1, 0.15) is 0 Å². The summed E-state index contributed by atoms with van der Waals surface area (Å²) in [6.07, 6.45) is 4.45. The van der Waals surface area contributed by atoms with Crippen LogP contribution in [0.5, 0.6) is 0 Å². The van der Waals surface area contributed by atoms with Crippen molar-refractivity contribution in [3.63, 3.8) is 0 Å². The highest BCUT2D eigenvalue weighted by Crippen LogP contribution is 2.36. The number of hydrogen-bond donors (Lipinski definition) is 0. The first-order valence-corrected chi connectivity index (χ1v) is 11.4. The lowest BCUT2D eigenvalue weighted by Gasteiger charge is -2.34. The first-order chi connectivity index (χ1) is 15.1. The van der Waals surface area contributed by atoms with E-state index >= 15 is 0 Å². The molecule has 0 saturated carbocycles. The number of benzene rings is 2. The van der Waals surface area contributed by atoms with Crippen LogP contribution < -0.4 is 4.90 Å². The maximum absolute atomic E-state index is 4.94. The van der Waals surface area contributed by atoms with Crippen molar-refractivity contribution in [1.29, 1.82) is 0 Å². The molecule has 3 nitrogen and oxygen atoms in total. The van der Waals surface area contributed by atoms with Crippen LogP contribution in [0.4, 0.5) is 5.82 Å². The quantitative estimate of drug-likeness (QED) is 0.389. The summed E-state index contributed by atoms with van der Waals surface area (Å²) in [5.74, 6) is 1.71. The summed E-state index contributed by atoms with van der Waals surface area (Å²) in [6, 6.07) is 21.9. The second-order valence-electron chi connectivity index (χ2n) is 8.95. The molecule has 31 heavy (non-hydrogen) atoms. The average molecular weight is 410 g/mol. The number of anilines is 1. The van der Waals surface area contributed by atoms with Crippen molar-refractivity contribution in [3.05, 3.63) is 94.8 Å². The molecule has 0 radical (unpaired) electrons. The molecular formula is C28H31N3. The summed E-state index contributed by atoms with van der Waals surface area (Å²) >= 11 is 0. The summed E-state index contributed by atoms with van der Waals surface area (Å²) in [6.45, 7) is 9.70. The summed E-state index contributed by atoms with van der Waals surface area (Å²) in [5.41, 5.74) is 8.15. The predicted octanol–water partition coefficient (Wildman–Crippen LogP) is 6.39. The third-order valence-electron chi connectivity index (χ3n) is 7.11. The predicted molar refractivity (Wildman–Crippen MR) is 130 cm³/mol. The minimum absolute atomic E-state index is 0.564. The molecule has 1 fully saturated rings. The van der Waals surface area contributed by atoms with Gasteiger partial charge in [-0.15, -0.1) is 0 Å². The molecule has 1 aliphatic rings. The van der Waals surface area contributed by atoms with E-state index in [1.165, 1.54) is 51.7 Å². The van der Waals surface area contributed by atoms with Crippen LogP contribution in [-0.4, -0.2) is 22.6 Å². The van der Waals surface area contributed by atoms with Crippen LogP contribution in [0.3, 0.4) is 0 Å². The molecular weight excluding hydrogens is 378 g/mol. The van der Waals surface area contributed by atoms with Crippen LogP contribution in [0.2, 0.25) is 0 Å². The smallest absolute Gasteiger partial charge is 0.153 e. The van der Waals surface area contributed by atoms with E-state index in [0.29, 0.717) is 5.92 Å². The molecule has 0 N–H and O–H groups in total. The van der Waals surface area contributed by atoms with Crippen molar-refractivity contribution in [1.82, 2.24) is 9.55 Å². The van der Waals surface area contributed by atoms with E-state index in [9.17, 15) is 0 Å². The number of rotatable bonds is 4. The first kappa shape index (κ1) is 19.9. The molecule has 5 rings (SSSR count). The zero-order valence-electron chi connectivity index (χ0n) is 18.8. The van der Waals surface area contributed by atoms with Gasteiger partial charge in [0, 0.05) is 42.8 Å².